The Morgan fingerprint density at radius 1 is 1.05 bits per heavy atom. The fraction of sp³-hybridized carbons (Fsp3) is 0.0714. The number of aromatic carboxylic acids is 1. The van der Waals surface area contributed by atoms with Crippen molar-refractivity contribution in [3.8, 4) is 11.1 Å². The molecule has 0 heterocycles. The van der Waals surface area contributed by atoms with Gasteiger partial charge in [0.1, 0.15) is 0 Å². The zero-order valence-electron chi connectivity index (χ0n) is 9.91. The van der Waals surface area contributed by atoms with Crippen LogP contribution in [-0.2, 0) is 6.18 Å². The molecular formula is C14H8ClF3O2. The van der Waals surface area contributed by atoms with Gasteiger partial charge in [-0.05, 0) is 29.8 Å². The van der Waals surface area contributed by atoms with Gasteiger partial charge in [-0.2, -0.15) is 13.2 Å². The average molecular weight is 301 g/mol. The van der Waals surface area contributed by atoms with Crippen molar-refractivity contribution >= 4 is 17.6 Å². The molecule has 1 N–H and O–H groups in total. The maximum Gasteiger partial charge on any atom is 0.416 e. The second-order valence-corrected chi connectivity index (χ2v) is 4.45. The van der Waals surface area contributed by atoms with Crippen molar-refractivity contribution in [3.63, 3.8) is 0 Å². The van der Waals surface area contributed by atoms with Crippen LogP contribution < -0.4 is 0 Å². The second kappa shape index (κ2) is 5.17. The molecule has 0 aliphatic carbocycles. The summed E-state index contributed by atoms with van der Waals surface area (Å²) in [6.07, 6.45) is -4.44. The van der Waals surface area contributed by atoms with Crippen LogP contribution in [0.5, 0.6) is 0 Å². The SMILES string of the molecule is O=C(O)c1cccc(Cl)c1-c1ccc(C(F)(F)F)cc1. The smallest absolute Gasteiger partial charge is 0.416 e. The summed E-state index contributed by atoms with van der Waals surface area (Å²) in [4.78, 5) is 11.1. The van der Waals surface area contributed by atoms with Gasteiger partial charge in [0.2, 0.25) is 0 Å². The molecule has 0 atom stereocenters. The predicted octanol–water partition coefficient (Wildman–Crippen LogP) is 4.72. The van der Waals surface area contributed by atoms with Gasteiger partial charge in [0.05, 0.1) is 11.1 Å². The second-order valence-electron chi connectivity index (χ2n) is 4.04. The Kier molecular flexibility index (Phi) is 3.72. The summed E-state index contributed by atoms with van der Waals surface area (Å²) in [5, 5.41) is 9.27. The number of rotatable bonds is 2. The maximum atomic E-state index is 12.5. The van der Waals surface area contributed by atoms with Gasteiger partial charge in [-0.25, -0.2) is 4.79 Å². The zero-order chi connectivity index (χ0) is 14.9. The van der Waals surface area contributed by atoms with Crippen molar-refractivity contribution in [2.45, 2.75) is 6.18 Å². The van der Waals surface area contributed by atoms with Crippen molar-refractivity contribution < 1.29 is 23.1 Å². The first kappa shape index (κ1) is 14.4. The molecule has 0 spiro atoms. The lowest BCUT2D eigenvalue weighted by Crippen LogP contribution is -2.04. The summed E-state index contributed by atoms with van der Waals surface area (Å²) in [7, 11) is 0. The predicted molar refractivity (Wildman–Crippen MR) is 68.8 cm³/mol. The molecule has 2 aromatic carbocycles. The van der Waals surface area contributed by atoms with Crippen molar-refractivity contribution in [1.82, 2.24) is 0 Å². The molecule has 0 amide bonds. The Morgan fingerprint density at radius 3 is 2.15 bits per heavy atom. The Balaban J connectivity index is 2.55. The summed E-state index contributed by atoms with van der Waals surface area (Å²) in [5.74, 6) is -1.19. The van der Waals surface area contributed by atoms with Gasteiger partial charge in [0.25, 0.3) is 0 Å². The first-order chi connectivity index (χ1) is 9.30. The third-order valence-electron chi connectivity index (χ3n) is 2.74. The standard InChI is InChI=1S/C14H8ClF3O2/c15-11-3-1-2-10(13(19)20)12(11)8-4-6-9(7-5-8)14(16,17)18/h1-7H,(H,19,20). The highest BCUT2D eigenvalue weighted by atomic mass is 35.5. The van der Waals surface area contributed by atoms with Gasteiger partial charge in [-0.1, -0.05) is 29.8 Å². The van der Waals surface area contributed by atoms with Crippen LogP contribution in [0.3, 0.4) is 0 Å². The minimum absolute atomic E-state index is 0.0581. The first-order valence-electron chi connectivity index (χ1n) is 5.50. The number of hydrogen-bond donors (Lipinski definition) is 1. The highest BCUT2D eigenvalue weighted by Gasteiger charge is 2.30. The fourth-order valence-corrected chi connectivity index (χ4v) is 2.11. The highest BCUT2D eigenvalue weighted by Crippen LogP contribution is 2.34. The van der Waals surface area contributed by atoms with E-state index in [4.69, 9.17) is 16.7 Å². The Morgan fingerprint density at radius 2 is 1.65 bits per heavy atom. The molecule has 2 rings (SSSR count). The Hall–Kier alpha value is -2.01. The summed E-state index contributed by atoms with van der Waals surface area (Å²) < 4.78 is 37.5. The normalized spacial score (nSPS) is 11.4. The average Bonchev–Trinajstić information content (AvgIpc) is 2.37. The third kappa shape index (κ3) is 2.77. The molecule has 0 saturated carbocycles. The van der Waals surface area contributed by atoms with E-state index in [0.29, 0.717) is 5.56 Å². The van der Waals surface area contributed by atoms with Crippen molar-refractivity contribution in [3.05, 3.63) is 58.6 Å². The minimum atomic E-state index is -4.44. The van der Waals surface area contributed by atoms with Crippen LogP contribution in [-0.4, -0.2) is 11.1 Å². The number of benzene rings is 2. The molecule has 104 valence electrons. The molecule has 0 aliphatic rings. The quantitative estimate of drug-likeness (QED) is 0.871. The Bertz CT molecular complexity index is 648. The van der Waals surface area contributed by atoms with Crippen LogP contribution in [0, 0.1) is 0 Å². The molecule has 0 aliphatic heterocycles. The molecular weight excluding hydrogens is 293 g/mol. The molecule has 0 saturated heterocycles. The zero-order valence-corrected chi connectivity index (χ0v) is 10.7. The van der Waals surface area contributed by atoms with E-state index >= 15 is 0 Å². The van der Waals surface area contributed by atoms with E-state index < -0.39 is 17.7 Å². The third-order valence-corrected chi connectivity index (χ3v) is 3.06. The van der Waals surface area contributed by atoms with Crippen LogP contribution in [0.15, 0.2) is 42.5 Å². The van der Waals surface area contributed by atoms with E-state index in [0.717, 1.165) is 12.1 Å². The van der Waals surface area contributed by atoms with E-state index in [2.05, 4.69) is 0 Å². The number of halogens is 4. The van der Waals surface area contributed by atoms with Gasteiger partial charge in [-0.3, -0.25) is 0 Å². The van der Waals surface area contributed by atoms with Gasteiger partial charge in [0, 0.05) is 10.6 Å². The van der Waals surface area contributed by atoms with Gasteiger partial charge < -0.3 is 5.11 Å². The highest BCUT2D eigenvalue weighted by molar-refractivity contribution is 6.34. The summed E-state index contributed by atoms with van der Waals surface area (Å²) in [6.45, 7) is 0. The van der Waals surface area contributed by atoms with E-state index in [-0.39, 0.29) is 16.1 Å². The molecule has 0 unspecified atom stereocenters. The lowest BCUT2D eigenvalue weighted by atomic mass is 9.98. The molecule has 0 fully saturated rings. The molecule has 2 aromatic rings. The molecule has 2 nitrogen and oxygen atoms in total. The van der Waals surface area contributed by atoms with Gasteiger partial charge in [0.15, 0.2) is 0 Å². The van der Waals surface area contributed by atoms with E-state index in [1.807, 2.05) is 0 Å². The van der Waals surface area contributed by atoms with E-state index in [9.17, 15) is 18.0 Å². The number of hydrogen-bond acceptors (Lipinski definition) is 1. The minimum Gasteiger partial charge on any atom is -0.478 e. The maximum absolute atomic E-state index is 12.5. The lowest BCUT2D eigenvalue weighted by molar-refractivity contribution is -0.137. The first-order valence-corrected chi connectivity index (χ1v) is 5.88. The molecule has 0 radical (unpaired) electrons. The van der Waals surface area contributed by atoms with Crippen LogP contribution in [0.2, 0.25) is 5.02 Å². The lowest BCUT2D eigenvalue weighted by Gasteiger charge is -2.11. The van der Waals surface area contributed by atoms with Gasteiger partial charge in [-0.15, -0.1) is 0 Å². The van der Waals surface area contributed by atoms with Gasteiger partial charge >= 0.3 is 12.1 Å². The summed E-state index contributed by atoms with van der Waals surface area (Å²) in [6, 6.07) is 8.50. The Labute approximate surface area is 117 Å². The van der Waals surface area contributed by atoms with E-state index in [1.165, 1.54) is 30.3 Å². The monoisotopic (exact) mass is 300 g/mol. The van der Waals surface area contributed by atoms with E-state index in [1.54, 1.807) is 0 Å². The summed E-state index contributed by atoms with van der Waals surface area (Å²) >= 11 is 5.95. The fourth-order valence-electron chi connectivity index (χ4n) is 1.82. The number of carboxylic acids is 1. The van der Waals surface area contributed by atoms with Crippen molar-refractivity contribution in [1.29, 1.82) is 0 Å². The molecule has 0 aromatic heterocycles. The summed E-state index contributed by atoms with van der Waals surface area (Å²) in [5.41, 5.74) is -0.334. The van der Waals surface area contributed by atoms with Crippen molar-refractivity contribution in [2.75, 3.05) is 0 Å². The molecule has 0 bridgehead atoms. The van der Waals surface area contributed by atoms with Crippen LogP contribution >= 0.6 is 11.6 Å². The van der Waals surface area contributed by atoms with Crippen LogP contribution in [0.1, 0.15) is 15.9 Å². The topological polar surface area (TPSA) is 37.3 Å². The molecule has 6 heteroatoms. The molecule has 20 heavy (non-hydrogen) atoms. The van der Waals surface area contributed by atoms with Crippen molar-refractivity contribution in [2.24, 2.45) is 0 Å². The number of carboxylic acid groups (broad SMARTS) is 1. The number of alkyl halides is 3. The number of carbonyl (C=O) groups is 1. The van der Waals surface area contributed by atoms with Crippen LogP contribution in [0.4, 0.5) is 13.2 Å². The van der Waals surface area contributed by atoms with Crippen LogP contribution in [0.25, 0.3) is 11.1 Å². The largest absolute Gasteiger partial charge is 0.478 e.